The molecule has 15 N–H and O–H groups in total. The summed E-state index contributed by atoms with van der Waals surface area (Å²) in [6.45, 7) is 4.72. The summed E-state index contributed by atoms with van der Waals surface area (Å²) in [6, 6.07) is 51.5. The minimum Gasteiger partial charge on any atom is -0.497 e. The van der Waals surface area contributed by atoms with Crippen LogP contribution in [-0.2, 0) is 42.8 Å². The Morgan fingerprint density at radius 2 is 0.732 bits per heavy atom. The first kappa shape index (κ1) is 100. The number of carboxylic acid groups (broad SMARTS) is 6. The van der Waals surface area contributed by atoms with E-state index in [1.807, 2.05) is 72.8 Å². The van der Waals surface area contributed by atoms with Crippen LogP contribution in [0.4, 0.5) is 22.7 Å². The smallest absolute Gasteiger partial charge is 0.365 e. The molecule has 7 aromatic heterocycles. The number of carboxylic acids is 6. The molecule has 0 aliphatic carbocycles. The molecule has 0 spiro atoms. The summed E-state index contributed by atoms with van der Waals surface area (Å²) in [5, 5.41) is 60.1. The Morgan fingerprint density at radius 3 is 1.04 bits per heavy atom. The summed E-state index contributed by atoms with van der Waals surface area (Å²) in [5.41, 5.74) is 20.3. The van der Waals surface area contributed by atoms with Gasteiger partial charge in [-0.1, -0.05) is 36.4 Å². The number of methoxy groups -OCH3 is 4. The minimum atomic E-state index is -1.34. The van der Waals surface area contributed by atoms with Gasteiger partial charge in [0.1, 0.15) is 35.0 Å². The van der Waals surface area contributed by atoms with Gasteiger partial charge in [-0.15, -0.1) is 11.6 Å². The third-order valence-corrected chi connectivity index (χ3v) is 14.7. The summed E-state index contributed by atoms with van der Waals surface area (Å²) in [5.74, 6) is -6.65. The number of halogens is 1. The van der Waals surface area contributed by atoms with E-state index in [2.05, 4.69) is 66.0 Å². The van der Waals surface area contributed by atoms with E-state index in [1.54, 1.807) is 107 Å². The number of carbonyl (C=O) groups is 14. The lowest BCUT2D eigenvalue weighted by Gasteiger charge is -2.09. The number of aromatic carboxylic acids is 6. The summed E-state index contributed by atoms with van der Waals surface area (Å²) >= 11 is 5.58. The maximum Gasteiger partial charge on any atom is 0.365 e. The second kappa shape index (κ2) is 54.0. The summed E-state index contributed by atoms with van der Waals surface area (Å²) in [4.78, 5) is 171. The Labute approximate surface area is 704 Å². The number of imide groups is 1. The molecule has 2 aliphatic heterocycles. The van der Waals surface area contributed by atoms with Gasteiger partial charge in [-0.05, 0) is 162 Å². The number of hydrogen-bond donors (Lipinski definition) is 12. The van der Waals surface area contributed by atoms with Crippen molar-refractivity contribution in [1.29, 1.82) is 0 Å². The first-order valence-corrected chi connectivity index (χ1v) is 35.3. The molecule has 13 rings (SSSR count). The number of pyridine rings is 7. The Balaban J connectivity index is 0.000000356. The quantitative estimate of drug-likeness (QED) is 0.0125. The van der Waals surface area contributed by atoms with Crippen LogP contribution in [0.5, 0.6) is 23.0 Å². The molecule has 4 aromatic carbocycles. The van der Waals surface area contributed by atoms with Crippen LogP contribution in [0.25, 0.3) is 0 Å². The molecule has 123 heavy (non-hydrogen) atoms. The van der Waals surface area contributed by atoms with Crippen LogP contribution in [0.1, 0.15) is 152 Å². The number of primary amides is 1. The highest BCUT2D eigenvalue weighted by Crippen LogP contribution is 2.21. The number of nitrogens with one attached hydrogen (secondary N) is 3. The normalized spacial score (nSPS) is 10.2. The number of hydrogen-bond acceptors (Lipinski definition) is 31. The fourth-order valence-electron chi connectivity index (χ4n) is 8.78. The summed E-state index contributed by atoms with van der Waals surface area (Å²) < 4.78 is 28.3. The highest BCUT2D eigenvalue weighted by atomic mass is 35.5. The van der Waals surface area contributed by atoms with Gasteiger partial charge in [0.15, 0.2) is 34.2 Å². The molecular weight excluding hydrogens is 1630 g/mol. The monoisotopic (exact) mass is 1710 g/mol. The van der Waals surface area contributed by atoms with Gasteiger partial charge >= 0.3 is 59.7 Å². The van der Waals surface area contributed by atoms with Crippen LogP contribution in [0.3, 0.4) is 0 Å². The zero-order valence-corrected chi connectivity index (χ0v) is 66.9. The Hall–Kier alpha value is -17.0. The molecule has 40 heteroatoms. The zero-order valence-electron chi connectivity index (χ0n) is 66.1. The maximum atomic E-state index is 11.0. The predicted molar refractivity (Wildman–Crippen MR) is 441 cm³/mol. The van der Waals surface area contributed by atoms with E-state index >= 15 is 0 Å². The predicted octanol–water partition coefficient (Wildman–Crippen LogP) is 9.89. The molecule has 0 radical (unpaired) electrons. The first-order chi connectivity index (χ1) is 58.6. The van der Waals surface area contributed by atoms with Gasteiger partial charge in [-0.2, -0.15) is 0 Å². The van der Waals surface area contributed by atoms with Crippen molar-refractivity contribution >= 4 is 118 Å². The molecule has 640 valence electrons. The molecule has 0 saturated heterocycles. The molecular formula is C83H80ClN13O26. The van der Waals surface area contributed by atoms with Crippen molar-refractivity contribution in [3.63, 3.8) is 0 Å². The number of nitrogens with two attached hydrogens (primary N) is 3. The van der Waals surface area contributed by atoms with Crippen molar-refractivity contribution in [1.82, 2.24) is 40.2 Å². The number of aromatic nitrogens is 7. The van der Waals surface area contributed by atoms with Crippen LogP contribution in [-0.4, -0.2) is 178 Å². The first-order valence-electron chi connectivity index (χ1n) is 34.8. The van der Waals surface area contributed by atoms with Crippen LogP contribution in [0.15, 0.2) is 225 Å². The van der Waals surface area contributed by atoms with Gasteiger partial charge in [-0.25, -0.2) is 68.3 Å². The second-order valence-electron chi connectivity index (χ2n) is 23.1. The minimum absolute atomic E-state index is 0.0241. The standard InChI is InChI=1S/2C14H14N2O3.C8H9ClO.C8H8O2.C7H4N2O2.C7H5NO4.C7H3NO3.2C6H6N2O2.C4H6O3.C2H5NO/c2*1-19-11-6-4-10(5-7-11)9-16-12-3-2-8-15-13(12)14(17)18;2*1-10-8-4-2-7(6-9)3-5-8;10-6-4-2-1-3-8-5(4)7(11)9-6;9-6(10)4-2-1-3-8-5(4)7(11)12;9-6-4-2-1-3-8-5(4)7(10)11-6;2*7-4-2-1-3-8-5(4)6(9)10;1-3(5)7-4(2)6;1-2(3)4/h2*2-8,16H,9H2,1H3,(H,17,18);2-5H,6H2,1H3;2-6H,1H3;1-3H,(H,9,10,11);1-3H,(H,9,10)(H,11,12);1-3H;2*1-3H,7H2,(H,9,10);1-2H3;1H3,(H2,3,4). The summed E-state index contributed by atoms with van der Waals surface area (Å²) in [6.07, 6.45) is 10.7. The second-order valence-corrected chi connectivity index (χ2v) is 23.4. The van der Waals surface area contributed by atoms with Crippen molar-refractivity contribution in [2.24, 2.45) is 5.73 Å². The van der Waals surface area contributed by atoms with Gasteiger partial charge in [0.05, 0.1) is 67.9 Å². The van der Waals surface area contributed by atoms with E-state index in [4.69, 9.17) is 72.7 Å². The van der Waals surface area contributed by atoms with Crippen molar-refractivity contribution < 1.29 is 126 Å². The Bertz CT molecular complexity index is 5050. The topological polar surface area (TPSA) is 620 Å². The maximum absolute atomic E-state index is 11.0. The van der Waals surface area contributed by atoms with E-state index in [0.717, 1.165) is 46.0 Å². The fraction of sp³-hybridized carbons (Fsp3) is 0.120. The number of esters is 4. The number of cyclic esters (lactones) is 2. The van der Waals surface area contributed by atoms with Crippen molar-refractivity contribution in [3.8, 4) is 23.0 Å². The number of amides is 3. The average Bonchev–Trinajstić information content (AvgIpc) is 1.66. The van der Waals surface area contributed by atoms with Gasteiger partial charge in [0.2, 0.25) is 5.91 Å². The number of benzene rings is 4. The number of nitrogen functional groups attached to an aromatic ring is 2. The van der Waals surface area contributed by atoms with Gasteiger partial charge < -0.3 is 86.9 Å². The van der Waals surface area contributed by atoms with Crippen LogP contribution in [0.2, 0.25) is 0 Å². The number of nitrogens with zero attached hydrogens (tertiary/aromatic N) is 7. The molecule has 11 aromatic rings. The van der Waals surface area contributed by atoms with E-state index in [-0.39, 0.29) is 68.5 Å². The Morgan fingerprint density at radius 1 is 0.407 bits per heavy atom. The molecule has 0 bridgehead atoms. The lowest BCUT2D eigenvalue weighted by molar-refractivity contribution is -0.156. The molecule has 0 fully saturated rings. The largest absolute Gasteiger partial charge is 0.497 e. The number of fused-ring (bicyclic) bond motifs is 2. The van der Waals surface area contributed by atoms with E-state index < -0.39 is 71.3 Å². The van der Waals surface area contributed by atoms with E-state index in [0.29, 0.717) is 41.5 Å². The highest BCUT2D eigenvalue weighted by Gasteiger charge is 2.30. The SMILES string of the molecule is CC(=O)OC(C)=O.CC(N)=O.COc1ccc(C=O)cc1.COc1ccc(CCl)cc1.COc1ccc(CNc2cccnc2C(=O)O)cc1.COc1ccc(CNc2cccnc2C(=O)O)cc1.Nc1cccnc1C(=O)O.Nc1cccnc1C(=O)O.O=C(O)c1cccnc1C(=O)O.O=C1NC(=O)c2ncccc21.O=C1OC(=O)c2ncccc21. The van der Waals surface area contributed by atoms with Crippen LogP contribution >= 0.6 is 11.6 Å². The average molecular weight is 1710 g/mol. The molecule has 3 amide bonds. The number of aldehydes is 1. The van der Waals surface area contributed by atoms with Crippen molar-refractivity contribution in [2.75, 3.05) is 50.5 Å². The molecule has 0 saturated carbocycles. The molecule has 0 unspecified atom stereocenters. The van der Waals surface area contributed by atoms with Crippen molar-refractivity contribution in [2.45, 2.75) is 39.7 Å². The third kappa shape index (κ3) is 36.8. The number of ether oxygens (including phenoxy) is 6. The molecule has 0 atom stereocenters. The lowest BCUT2D eigenvalue weighted by atomic mass is 10.2. The third-order valence-electron chi connectivity index (χ3n) is 14.4. The van der Waals surface area contributed by atoms with Crippen molar-refractivity contribution in [3.05, 3.63) is 304 Å². The number of carbonyl (C=O) groups excluding carboxylic acids is 8. The fourth-order valence-corrected chi connectivity index (χ4v) is 8.96. The van der Waals surface area contributed by atoms with E-state index in [9.17, 15) is 67.1 Å². The number of alkyl halides is 1. The van der Waals surface area contributed by atoms with Crippen LogP contribution in [0, 0.1) is 0 Å². The van der Waals surface area contributed by atoms with Crippen LogP contribution < -0.4 is 52.1 Å². The van der Waals surface area contributed by atoms with Gasteiger partial charge in [-0.3, -0.25) is 39.1 Å². The highest BCUT2D eigenvalue weighted by molar-refractivity contribution is 6.20. The number of anilines is 4. The molecule has 9 heterocycles. The zero-order chi connectivity index (χ0) is 91.5. The van der Waals surface area contributed by atoms with Gasteiger partial charge in [0.25, 0.3) is 11.8 Å². The Kier molecular flexibility index (Phi) is 44.0. The van der Waals surface area contributed by atoms with Gasteiger partial charge in [0, 0.05) is 88.7 Å². The molecule has 39 nitrogen and oxygen atoms in total. The van der Waals surface area contributed by atoms with E-state index in [1.165, 1.54) is 94.5 Å². The lowest BCUT2D eigenvalue weighted by Crippen LogP contribution is -2.20. The number of rotatable bonds is 18. The molecule has 2 aliphatic rings. The summed E-state index contributed by atoms with van der Waals surface area (Å²) in [7, 11) is 6.47.